The summed E-state index contributed by atoms with van der Waals surface area (Å²) in [6.07, 6.45) is 6.91. The summed E-state index contributed by atoms with van der Waals surface area (Å²) in [6.45, 7) is 2.45. The van der Waals surface area contributed by atoms with Gasteiger partial charge in [0.15, 0.2) is 5.82 Å². The molecule has 1 aromatic carbocycles. The Labute approximate surface area is 188 Å². The van der Waals surface area contributed by atoms with Gasteiger partial charge in [0.05, 0.1) is 12.2 Å². The molecular weight excluding hydrogens is 420 g/mol. The van der Waals surface area contributed by atoms with Crippen molar-refractivity contribution in [2.45, 2.75) is 26.3 Å². The smallest absolute Gasteiger partial charge is 0.302 e. The molecule has 0 spiro atoms. The Morgan fingerprint density at radius 3 is 2.58 bits per heavy atom. The first-order chi connectivity index (χ1) is 16.2. The van der Waals surface area contributed by atoms with Crippen LogP contribution in [0.3, 0.4) is 0 Å². The lowest BCUT2D eigenvalue weighted by atomic mass is 10.0. The molecule has 5 rings (SSSR count). The fourth-order valence-corrected chi connectivity index (χ4v) is 3.84. The molecule has 0 aliphatic carbocycles. The van der Waals surface area contributed by atoms with E-state index in [1.807, 2.05) is 55.8 Å². The van der Waals surface area contributed by atoms with Crippen molar-refractivity contribution >= 4 is 0 Å². The van der Waals surface area contributed by atoms with Crippen LogP contribution in [-0.2, 0) is 20.0 Å². The van der Waals surface area contributed by atoms with Crippen LogP contribution in [0.25, 0.3) is 28.5 Å². The number of benzene rings is 1. The number of aromatic nitrogens is 10. The number of pyridine rings is 1. The molecule has 4 aromatic heterocycles. The Bertz CT molecular complexity index is 1430. The molecule has 0 amide bonds. The van der Waals surface area contributed by atoms with Crippen LogP contribution in [0.2, 0.25) is 0 Å². The van der Waals surface area contributed by atoms with Crippen LogP contribution in [0.15, 0.2) is 59.9 Å². The van der Waals surface area contributed by atoms with E-state index in [9.17, 15) is 4.79 Å². The van der Waals surface area contributed by atoms with E-state index in [0.717, 1.165) is 40.9 Å². The topological polar surface area (TPSA) is 125 Å². The van der Waals surface area contributed by atoms with Crippen LogP contribution in [0.4, 0.5) is 0 Å². The molecule has 0 aliphatic rings. The zero-order valence-corrected chi connectivity index (χ0v) is 18.3. The Morgan fingerprint density at radius 2 is 1.91 bits per heavy atom. The molecule has 11 heteroatoms. The largest absolute Gasteiger partial charge is 0.335 e. The number of nitrogens with zero attached hydrogens (tertiary/aromatic N) is 9. The Hall–Kier alpha value is -4.41. The molecule has 166 valence electrons. The van der Waals surface area contributed by atoms with Gasteiger partial charge in [-0.1, -0.05) is 43.7 Å². The molecule has 0 radical (unpaired) electrons. The summed E-state index contributed by atoms with van der Waals surface area (Å²) in [4.78, 5) is 17.8. The first-order valence-electron chi connectivity index (χ1n) is 10.6. The van der Waals surface area contributed by atoms with E-state index in [1.54, 1.807) is 15.5 Å². The van der Waals surface area contributed by atoms with Gasteiger partial charge in [0.25, 0.3) is 0 Å². The first-order valence-corrected chi connectivity index (χ1v) is 10.6. The highest BCUT2D eigenvalue weighted by Crippen LogP contribution is 2.29. The standard InChI is InChI=1S/C22H22N10O/c1-3-6-17-13-32(21-27-24-14-30(21)2)22(33)31(17)12-16-10-9-15(11-23-16)18-7-4-5-8-19(18)20-25-28-29-26-20/h4-5,7-11,13-14H,3,6,12H2,1-2H3,(H,25,26,28,29). The van der Waals surface area contributed by atoms with Crippen molar-refractivity contribution in [3.05, 3.63) is 77.0 Å². The summed E-state index contributed by atoms with van der Waals surface area (Å²) in [5, 5.41) is 22.1. The minimum atomic E-state index is -0.163. The maximum absolute atomic E-state index is 13.2. The van der Waals surface area contributed by atoms with E-state index < -0.39 is 0 Å². The predicted molar refractivity (Wildman–Crippen MR) is 121 cm³/mol. The van der Waals surface area contributed by atoms with Gasteiger partial charge in [-0.2, -0.15) is 0 Å². The maximum atomic E-state index is 13.2. The van der Waals surface area contributed by atoms with Gasteiger partial charge in [0.2, 0.25) is 5.95 Å². The molecule has 0 saturated carbocycles. The SMILES string of the molecule is CCCc1cn(-c2nncn2C)c(=O)n1Cc1ccc(-c2ccccc2-c2nnn[nH]2)cn1. The van der Waals surface area contributed by atoms with E-state index in [1.165, 1.54) is 4.57 Å². The van der Waals surface area contributed by atoms with Gasteiger partial charge in [0.1, 0.15) is 6.33 Å². The molecule has 0 unspecified atom stereocenters. The van der Waals surface area contributed by atoms with Crippen LogP contribution in [0.5, 0.6) is 0 Å². The third kappa shape index (κ3) is 3.84. The molecule has 1 N–H and O–H groups in total. The van der Waals surface area contributed by atoms with Gasteiger partial charge in [-0.3, -0.25) is 9.55 Å². The zero-order valence-electron chi connectivity index (χ0n) is 18.3. The van der Waals surface area contributed by atoms with Gasteiger partial charge in [-0.25, -0.2) is 14.5 Å². The predicted octanol–water partition coefficient (Wildman–Crippen LogP) is 2.01. The minimum absolute atomic E-state index is 0.163. The third-order valence-corrected chi connectivity index (χ3v) is 5.45. The molecule has 0 saturated heterocycles. The number of aryl methyl sites for hydroxylation is 2. The number of tetrazole rings is 1. The molecule has 11 nitrogen and oxygen atoms in total. The van der Waals surface area contributed by atoms with Gasteiger partial charge < -0.3 is 4.57 Å². The van der Waals surface area contributed by atoms with Gasteiger partial charge in [-0.15, -0.1) is 15.3 Å². The fourth-order valence-electron chi connectivity index (χ4n) is 3.84. The molecule has 33 heavy (non-hydrogen) atoms. The monoisotopic (exact) mass is 442 g/mol. The maximum Gasteiger partial charge on any atom is 0.335 e. The zero-order chi connectivity index (χ0) is 22.8. The van der Waals surface area contributed by atoms with E-state index in [-0.39, 0.29) is 5.69 Å². The number of aromatic amines is 1. The molecule has 0 aliphatic heterocycles. The van der Waals surface area contributed by atoms with Crippen molar-refractivity contribution in [3.63, 3.8) is 0 Å². The van der Waals surface area contributed by atoms with Crippen molar-refractivity contribution in [2.24, 2.45) is 7.05 Å². The highest BCUT2D eigenvalue weighted by atomic mass is 16.2. The van der Waals surface area contributed by atoms with Crippen LogP contribution >= 0.6 is 0 Å². The summed E-state index contributed by atoms with van der Waals surface area (Å²) in [5.74, 6) is 1.08. The van der Waals surface area contributed by atoms with Crippen molar-refractivity contribution < 1.29 is 0 Å². The fraction of sp³-hybridized carbons (Fsp3) is 0.227. The Morgan fingerprint density at radius 1 is 1.06 bits per heavy atom. The van der Waals surface area contributed by atoms with Crippen LogP contribution in [0, 0.1) is 0 Å². The highest BCUT2D eigenvalue weighted by Gasteiger charge is 2.16. The van der Waals surface area contributed by atoms with Crippen molar-refractivity contribution in [2.75, 3.05) is 0 Å². The Kier molecular flexibility index (Phi) is 5.35. The molecular formula is C22H22N10O. The average molecular weight is 442 g/mol. The number of hydrogen-bond donors (Lipinski definition) is 1. The molecule has 5 aromatic rings. The summed E-state index contributed by atoms with van der Waals surface area (Å²) >= 11 is 0. The highest BCUT2D eigenvalue weighted by molar-refractivity contribution is 5.79. The average Bonchev–Trinajstić information content (AvgIpc) is 3.58. The second-order valence-corrected chi connectivity index (χ2v) is 7.68. The normalized spacial score (nSPS) is 11.2. The molecule has 0 fully saturated rings. The molecule has 4 heterocycles. The van der Waals surface area contributed by atoms with Gasteiger partial charge >= 0.3 is 5.69 Å². The summed E-state index contributed by atoms with van der Waals surface area (Å²) < 4.78 is 5.00. The number of hydrogen-bond acceptors (Lipinski definition) is 7. The Balaban J connectivity index is 1.47. The second kappa shape index (κ2) is 8.61. The molecule has 0 bridgehead atoms. The van der Waals surface area contributed by atoms with Gasteiger partial charge in [-0.05, 0) is 28.5 Å². The van der Waals surface area contributed by atoms with Crippen LogP contribution < -0.4 is 5.69 Å². The van der Waals surface area contributed by atoms with E-state index >= 15 is 0 Å². The van der Waals surface area contributed by atoms with E-state index in [2.05, 4.69) is 42.7 Å². The van der Waals surface area contributed by atoms with Crippen molar-refractivity contribution in [1.82, 2.24) is 49.5 Å². The summed E-state index contributed by atoms with van der Waals surface area (Å²) in [7, 11) is 1.81. The lowest BCUT2D eigenvalue weighted by Crippen LogP contribution is -2.26. The van der Waals surface area contributed by atoms with E-state index in [4.69, 9.17) is 0 Å². The first kappa shape index (κ1) is 20.5. The van der Waals surface area contributed by atoms with Crippen LogP contribution in [0.1, 0.15) is 24.7 Å². The van der Waals surface area contributed by atoms with Crippen LogP contribution in [-0.4, -0.2) is 49.5 Å². The third-order valence-electron chi connectivity index (χ3n) is 5.45. The number of rotatable bonds is 7. The van der Waals surface area contributed by atoms with Gasteiger partial charge in [0, 0.05) is 36.3 Å². The van der Waals surface area contributed by atoms with Crippen molar-refractivity contribution in [1.29, 1.82) is 0 Å². The van der Waals surface area contributed by atoms with E-state index in [0.29, 0.717) is 18.3 Å². The second-order valence-electron chi connectivity index (χ2n) is 7.68. The quantitative estimate of drug-likeness (QED) is 0.409. The summed E-state index contributed by atoms with van der Waals surface area (Å²) in [6, 6.07) is 11.8. The number of nitrogens with one attached hydrogen (secondary N) is 1. The van der Waals surface area contributed by atoms with Crippen molar-refractivity contribution in [3.8, 4) is 28.5 Å². The number of H-pyrrole nitrogens is 1. The minimum Gasteiger partial charge on any atom is -0.302 e. The lowest BCUT2D eigenvalue weighted by Gasteiger charge is -2.09. The molecule has 0 atom stereocenters. The number of imidazole rings is 1. The summed E-state index contributed by atoms with van der Waals surface area (Å²) in [5.41, 5.74) is 4.34. The lowest BCUT2D eigenvalue weighted by molar-refractivity contribution is 0.671.